The van der Waals surface area contributed by atoms with Gasteiger partial charge in [0.1, 0.15) is 0 Å². The maximum atomic E-state index is 12.4. The third-order valence-electron chi connectivity index (χ3n) is 2.72. The average Bonchev–Trinajstić information content (AvgIpc) is 2.55. The largest absolute Gasteiger partial charge is 0.460 e. The van der Waals surface area contributed by atoms with Crippen LogP contribution < -0.4 is 0 Å². The van der Waals surface area contributed by atoms with Crippen molar-refractivity contribution < 1.29 is 38.0 Å². The smallest absolute Gasteiger partial charge is 0.398 e. The summed E-state index contributed by atoms with van der Waals surface area (Å²) in [5.74, 6) is -2.64. The summed E-state index contributed by atoms with van der Waals surface area (Å²) >= 11 is 0. The number of ether oxygens (including phenoxy) is 7. The van der Waals surface area contributed by atoms with Crippen molar-refractivity contribution in [2.75, 3.05) is 67.6 Å². The molecule has 0 bridgehead atoms. The lowest BCUT2D eigenvalue weighted by Crippen LogP contribution is -2.50. The van der Waals surface area contributed by atoms with Crippen LogP contribution in [0.2, 0.25) is 6.04 Å². The van der Waals surface area contributed by atoms with Gasteiger partial charge in [0.05, 0.1) is 46.2 Å². The number of carbonyl (C=O) groups is 1. The van der Waals surface area contributed by atoms with Gasteiger partial charge in [0, 0.05) is 31.6 Å². The first-order valence-electron chi connectivity index (χ1n) is 7.72. The molecule has 138 valence electrons. The highest BCUT2D eigenvalue weighted by Gasteiger charge is 2.45. The van der Waals surface area contributed by atoms with Crippen LogP contribution in [0.15, 0.2) is 0 Å². The lowest BCUT2D eigenvalue weighted by atomic mass is 10.5. The Labute approximate surface area is 141 Å². The van der Waals surface area contributed by atoms with Crippen molar-refractivity contribution in [2.45, 2.75) is 18.4 Å². The predicted molar refractivity (Wildman–Crippen MR) is 86.5 cm³/mol. The van der Waals surface area contributed by atoms with E-state index in [0.29, 0.717) is 6.61 Å². The van der Waals surface area contributed by atoms with Gasteiger partial charge in [-0.1, -0.05) is 6.04 Å². The fourth-order valence-electron chi connectivity index (χ4n) is 1.48. The Morgan fingerprint density at radius 2 is 1.22 bits per heavy atom. The van der Waals surface area contributed by atoms with Crippen molar-refractivity contribution >= 4 is 16.2 Å². The van der Waals surface area contributed by atoms with Crippen LogP contribution in [-0.2, 0) is 38.0 Å². The number of hydrogen-bond acceptors (Lipinski definition) is 8. The van der Waals surface area contributed by atoms with Gasteiger partial charge in [-0.25, -0.2) is 4.79 Å². The van der Waals surface area contributed by atoms with Gasteiger partial charge in [-0.3, -0.25) is 0 Å². The van der Waals surface area contributed by atoms with Crippen LogP contribution in [0.25, 0.3) is 0 Å². The third-order valence-corrected chi connectivity index (χ3v) is 3.43. The van der Waals surface area contributed by atoms with E-state index in [-0.39, 0.29) is 39.6 Å². The highest BCUT2D eigenvalue weighted by Crippen LogP contribution is 2.19. The fourth-order valence-corrected chi connectivity index (χ4v) is 1.77. The van der Waals surface area contributed by atoms with E-state index in [4.69, 9.17) is 33.2 Å². The van der Waals surface area contributed by atoms with Gasteiger partial charge in [0.25, 0.3) is 0 Å². The summed E-state index contributed by atoms with van der Waals surface area (Å²) in [6.45, 7) is 1.52. The van der Waals surface area contributed by atoms with Gasteiger partial charge in [-0.2, -0.15) is 0 Å². The summed E-state index contributed by atoms with van der Waals surface area (Å²) in [5, 5.41) is 0. The molecular weight excluding hydrogens is 324 g/mol. The molecule has 0 atom stereocenters. The molecule has 0 amide bonds. The van der Waals surface area contributed by atoms with Crippen molar-refractivity contribution in [3.63, 3.8) is 0 Å². The van der Waals surface area contributed by atoms with E-state index in [0.717, 1.165) is 22.7 Å². The number of carbonyl (C=O) groups excluding carboxylic acids is 1. The summed E-state index contributed by atoms with van der Waals surface area (Å²) in [6.07, 6.45) is 0.808. The Balaban J connectivity index is 4.87. The molecule has 0 aromatic heterocycles. The summed E-state index contributed by atoms with van der Waals surface area (Å²) < 4.78 is 36.6. The molecule has 0 radical (unpaired) electrons. The van der Waals surface area contributed by atoms with Crippen LogP contribution in [0.1, 0.15) is 6.42 Å². The normalized spacial score (nSPS) is 11.8. The summed E-state index contributed by atoms with van der Waals surface area (Å²) in [4.78, 5) is 12.4. The van der Waals surface area contributed by atoms with Gasteiger partial charge < -0.3 is 33.2 Å². The predicted octanol–water partition coefficient (Wildman–Crippen LogP) is -0.654. The van der Waals surface area contributed by atoms with E-state index in [1.165, 1.54) is 21.3 Å². The molecule has 23 heavy (non-hydrogen) atoms. The number of hydrogen-bond donors (Lipinski definition) is 0. The van der Waals surface area contributed by atoms with E-state index in [9.17, 15) is 4.79 Å². The molecular formula is C14H30O8Si. The molecule has 0 saturated carbocycles. The first-order chi connectivity index (χ1) is 11.2. The molecule has 0 rings (SSSR count). The Morgan fingerprint density at radius 1 is 0.783 bits per heavy atom. The maximum Gasteiger partial charge on any atom is 0.398 e. The molecule has 0 unspecified atom stereocenters. The van der Waals surface area contributed by atoms with E-state index >= 15 is 0 Å². The summed E-state index contributed by atoms with van der Waals surface area (Å²) in [5.41, 5.74) is 0. The van der Waals surface area contributed by atoms with Crippen molar-refractivity contribution in [1.29, 1.82) is 0 Å². The third kappa shape index (κ3) is 10.0. The monoisotopic (exact) mass is 354 g/mol. The topological polar surface area (TPSA) is 81.7 Å². The standard InChI is InChI=1S/C14H30O8Si/c1-16-6-9-20-14(21-10-7-17-2,22-11-8-18-3)13(15)19-5-4-12-23/h4-12H2,1-3,23H3. The van der Waals surface area contributed by atoms with Gasteiger partial charge >= 0.3 is 11.9 Å². The molecule has 0 fully saturated rings. The van der Waals surface area contributed by atoms with Crippen LogP contribution >= 0.6 is 0 Å². The van der Waals surface area contributed by atoms with Crippen molar-refractivity contribution in [2.24, 2.45) is 0 Å². The van der Waals surface area contributed by atoms with Crippen LogP contribution in [0.4, 0.5) is 0 Å². The van der Waals surface area contributed by atoms with Crippen LogP contribution in [0.5, 0.6) is 0 Å². The minimum Gasteiger partial charge on any atom is -0.460 e. The van der Waals surface area contributed by atoms with Crippen LogP contribution in [0.3, 0.4) is 0 Å². The quantitative estimate of drug-likeness (QED) is 0.156. The van der Waals surface area contributed by atoms with E-state index < -0.39 is 11.9 Å². The minimum atomic E-state index is -1.93. The van der Waals surface area contributed by atoms with Gasteiger partial charge in [-0.05, 0) is 6.42 Å². The maximum absolute atomic E-state index is 12.4. The second-order valence-corrected chi connectivity index (χ2v) is 5.57. The van der Waals surface area contributed by atoms with E-state index in [1.807, 2.05) is 0 Å². The molecule has 0 aromatic rings. The molecule has 0 N–H and O–H groups in total. The van der Waals surface area contributed by atoms with E-state index in [1.54, 1.807) is 0 Å². The lowest BCUT2D eigenvalue weighted by Gasteiger charge is -2.30. The van der Waals surface area contributed by atoms with Crippen LogP contribution in [-0.4, -0.2) is 89.8 Å². The Morgan fingerprint density at radius 3 is 1.57 bits per heavy atom. The lowest BCUT2D eigenvalue weighted by molar-refractivity contribution is -0.368. The molecule has 0 saturated heterocycles. The molecule has 9 heteroatoms. The number of methoxy groups -OCH3 is 3. The van der Waals surface area contributed by atoms with Crippen molar-refractivity contribution in [3.05, 3.63) is 0 Å². The molecule has 0 heterocycles. The zero-order valence-corrected chi connectivity index (χ0v) is 16.6. The highest BCUT2D eigenvalue weighted by atomic mass is 28.1. The number of esters is 1. The summed E-state index contributed by atoms with van der Waals surface area (Å²) in [7, 11) is 5.66. The van der Waals surface area contributed by atoms with Crippen molar-refractivity contribution in [1.82, 2.24) is 0 Å². The minimum absolute atomic E-state index is 0.117. The molecule has 0 aliphatic rings. The van der Waals surface area contributed by atoms with Crippen LogP contribution in [0, 0.1) is 0 Å². The van der Waals surface area contributed by atoms with Gasteiger partial charge in [0.2, 0.25) is 0 Å². The Kier molecular flexibility index (Phi) is 14.6. The summed E-state index contributed by atoms with van der Waals surface area (Å²) in [6, 6.07) is 1.04. The molecule has 0 spiro atoms. The first-order valence-corrected chi connectivity index (χ1v) is 9.14. The molecule has 0 aromatic carbocycles. The SMILES string of the molecule is COCCOC(OCCOC)(OCCOC)C(=O)OCCC[SiH3]. The Bertz CT molecular complexity index is 263. The zero-order chi connectivity index (χ0) is 17.4. The second-order valence-electron chi connectivity index (χ2n) is 4.57. The highest BCUT2D eigenvalue weighted by molar-refractivity contribution is 6.08. The van der Waals surface area contributed by atoms with E-state index in [2.05, 4.69) is 0 Å². The average molecular weight is 354 g/mol. The molecule has 0 aliphatic carbocycles. The molecule has 8 nitrogen and oxygen atoms in total. The number of rotatable bonds is 16. The zero-order valence-electron chi connectivity index (χ0n) is 14.6. The van der Waals surface area contributed by atoms with Gasteiger partial charge in [0.15, 0.2) is 0 Å². The Hall–Kier alpha value is -0.553. The van der Waals surface area contributed by atoms with Gasteiger partial charge in [-0.15, -0.1) is 0 Å². The molecule has 0 aliphatic heterocycles. The fraction of sp³-hybridized carbons (Fsp3) is 0.929. The second kappa shape index (κ2) is 15.0. The van der Waals surface area contributed by atoms with Crippen molar-refractivity contribution in [3.8, 4) is 0 Å². The first kappa shape index (κ1) is 22.4.